The van der Waals surface area contributed by atoms with Gasteiger partial charge in [-0.2, -0.15) is 0 Å². The summed E-state index contributed by atoms with van der Waals surface area (Å²) in [5, 5.41) is 3.84. The molecule has 0 saturated carbocycles. The monoisotopic (exact) mass is 289 g/mol. The smallest absolute Gasteiger partial charge is 0.135 e. The van der Waals surface area contributed by atoms with Crippen molar-refractivity contribution in [2.75, 3.05) is 5.32 Å². The molecular weight excluding hydrogens is 270 g/mol. The Kier molecular flexibility index (Phi) is 4.96. The van der Waals surface area contributed by atoms with E-state index in [1.165, 1.54) is 5.56 Å². The van der Waals surface area contributed by atoms with Gasteiger partial charge in [0.05, 0.1) is 0 Å². The van der Waals surface area contributed by atoms with Crippen LogP contribution < -0.4 is 5.32 Å². The van der Waals surface area contributed by atoms with Crippen LogP contribution in [0.25, 0.3) is 0 Å². The van der Waals surface area contributed by atoms with Gasteiger partial charge < -0.3 is 5.32 Å². The third-order valence-electron chi connectivity index (χ3n) is 3.06. The Morgan fingerprint density at radius 3 is 2.65 bits per heavy atom. The Hall–Kier alpha value is -1.61. The van der Waals surface area contributed by atoms with Crippen molar-refractivity contribution in [3.05, 3.63) is 46.9 Å². The lowest BCUT2D eigenvalue weighted by atomic mass is 10.0. The van der Waals surface area contributed by atoms with E-state index in [0.29, 0.717) is 11.1 Å². The molecule has 106 valence electrons. The molecule has 0 unspecified atom stereocenters. The number of benzene rings is 1. The number of rotatable bonds is 5. The zero-order chi connectivity index (χ0) is 14.5. The van der Waals surface area contributed by atoms with E-state index >= 15 is 0 Å². The normalized spacial score (nSPS) is 10.8. The van der Waals surface area contributed by atoms with Crippen molar-refractivity contribution in [1.82, 2.24) is 9.97 Å². The van der Waals surface area contributed by atoms with Gasteiger partial charge in [0.25, 0.3) is 0 Å². The molecule has 2 aromatic rings. The lowest BCUT2D eigenvalue weighted by Gasteiger charge is -2.14. The van der Waals surface area contributed by atoms with Crippen LogP contribution in [0.5, 0.6) is 0 Å². The summed E-state index contributed by atoms with van der Waals surface area (Å²) >= 11 is 6.06. The maximum absolute atomic E-state index is 6.06. The van der Waals surface area contributed by atoms with Crippen molar-refractivity contribution in [3.8, 4) is 0 Å². The van der Waals surface area contributed by atoms with E-state index in [0.717, 1.165) is 30.2 Å². The van der Waals surface area contributed by atoms with Crippen molar-refractivity contribution in [2.24, 2.45) is 0 Å². The van der Waals surface area contributed by atoms with Crippen LogP contribution in [-0.2, 0) is 6.42 Å². The number of nitrogens with one attached hydrogen (secondary N) is 1. The van der Waals surface area contributed by atoms with Gasteiger partial charge in [0, 0.05) is 18.2 Å². The van der Waals surface area contributed by atoms with Crippen molar-refractivity contribution >= 4 is 23.1 Å². The summed E-state index contributed by atoms with van der Waals surface area (Å²) in [7, 11) is 0. The predicted octanol–water partition coefficient (Wildman–Crippen LogP) is 4.95. The van der Waals surface area contributed by atoms with Crippen molar-refractivity contribution in [2.45, 2.75) is 39.5 Å². The number of hydrogen-bond donors (Lipinski definition) is 1. The fourth-order valence-corrected chi connectivity index (χ4v) is 2.32. The fourth-order valence-electron chi connectivity index (χ4n) is 2.12. The molecule has 0 bridgehead atoms. The molecule has 0 aliphatic carbocycles. The van der Waals surface area contributed by atoms with E-state index < -0.39 is 0 Å². The number of para-hydroxylation sites is 1. The molecule has 1 heterocycles. The molecule has 2 rings (SSSR count). The molecule has 1 N–H and O–H groups in total. The number of aromatic nitrogens is 2. The second-order valence-corrected chi connectivity index (χ2v) is 5.50. The molecule has 0 amide bonds. The quantitative estimate of drug-likeness (QED) is 0.791. The second kappa shape index (κ2) is 6.71. The third-order valence-corrected chi connectivity index (χ3v) is 3.25. The fraction of sp³-hybridized carbons (Fsp3) is 0.375. The van der Waals surface area contributed by atoms with Gasteiger partial charge in [-0.25, -0.2) is 9.97 Å². The number of halogens is 1. The first kappa shape index (κ1) is 14.8. The highest BCUT2D eigenvalue weighted by Crippen LogP contribution is 2.26. The van der Waals surface area contributed by atoms with Crippen LogP contribution >= 0.6 is 11.6 Å². The average molecular weight is 290 g/mol. The van der Waals surface area contributed by atoms with Crippen LogP contribution in [0.4, 0.5) is 11.5 Å². The standard InChI is InChI=1S/C16H20ClN3/c1-4-7-15-19-14(17)10-16(20-15)18-13-9-6-5-8-12(13)11(2)3/h5-6,8-11H,4,7H2,1-3H3,(H,18,19,20). The summed E-state index contributed by atoms with van der Waals surface area (Å²) in [6.07, 6.45) is 1.84. The van der Waals surface area contributed by atoms with Crippen LogP contribution in [0.3, 0.4) is 0 Å². The summed E-state index contributed by atoms with van der Waals surface area (Å²) in [6, 6.07) is 10.0. The van der Waals surface area contributed by atoms with E-state index in [1.807, 2.05) is 6.07 Å². The molecule has 0 saturated heterocycles. The third kappa shape index (κ3) is 3.70. The van der Waals surface area contributed by atoms with E-state index in [9.17, 15) is 0 Å². The highest BCUT2D eigenvalue weighted by atomic mass is 35.5. The van der Waals surface area contributed by atoms with Crippen LogP contribution in [0.15, 0.2) is 30.3 Å². The summed E-state index contributed by atoms with van der Waals surface area (Å²) in [5.41, 5.74) is 2.33. The first-order valence-electron chi connectivity index (χ1n) is 6.99. The maximum atomic E-state index is 6.06. The van der Waals surface area contributed by atoms with E-state index in [4.69, 9.17) is 11.6 Å². The molecule has 1 aromatic heterocycles. The molecule has 0 radical (unpaired) electrons. The van der Waals surface area contributed by atoms with Crippen molar-refractivity contribution < 1.29 is 0 Å². The van der Waals surface area contributed by atoms with Gasteiger partial charge in [0.15, 0.2) is 0 Å². The Bertz CT molecular complexity index is 582. The summed E-state index contributed by atoms with van der Waals surface area (Å²) in [6.45, 7) is 6.46. The van der Waals surface area contributed by atoms with Gasteiger partial charge >= 0.3 is 0 Å². The first-order chi connectivity index (χ1) is 9.60. The number of anilines is 2. The maximum Gasteiger partial charge on any atom is 0.135 e. The molecule has 20 heavy (non-hydrogen) atoms. The van der Waals surface area contributed by atoms with Gasteiger partial charge in [-0.3, -0.25) is 0 Å². The number of nitrogens with zero attached hydrogens (tertiary/aromatic N) is 2. The van der Waals surface area contributed by atoms with Crippen LogP contribution in [0, 0.1) is 0 Å². The molecule has 0 fully saturated rings. The Morgan fingerprint density at radius 2 is 1.95 bits per heavy atom. The molecule has 1 aromatic carbocycles. The Labute approximate surface area is 125 Å². The molecule has 3 nitrogen and oxygen atoms in total. The largest absolute Gasteiger partial charge is 0.340 e. The van der Waals surface area contributed by atoms with Crippen LogP contribution in [-0.4, -0.2) is 9.97 Å². The minimum atomic E-state index is 0.450. The lowest BCUT2D eigenvalue weighted by molar-refractivity contribution is 0.836. The second-order valence-electron chi connectivity index (χ2n) is 5.11. The van der Waals surface area contributed by atoms with Gasteiger partial charge in [-0.1, -0.05) is 50.6 Å². The minimum Gasteiger partial charge on any atom is -0.340 e. The SMILES string of the molecule is CCCc1nc(Cl)cc(Nc2ccccc2C(C)C)n1. The van der Waals surface area contributed by atoms with Gasteiger partial charge in [-0.05, 0) is 24.0 Å². The van der Waals surface area contributed by atoms with E-state index in [2.05, 4.69) is 54.3 Å². The predicted molar refractivity (Wildman–Crippen MR) is 84.9 cm³/mol. The topological polar surface area (TPSA) is 37.8 Å². The zero-order valence-electron chi connectivity index (χ0n) is 12.2. The highest BCUT2D eigenvalue weighted by Gasteiger charge is 2.08. The minimum absolute atomic E-state index is 0.450. The molecular formula is C16H20ClN3. The molecule has 0 aliphatic heterocycles. The summed E-state index contributed by atoms with van der Waals surface area (Å²) < 4.78 is 0. The van der Waals surface area contributed by atoms with Crippen LogP contribution in [0.1, 0.15) is 44.5 Å². The Morgan fingerprint density at radius 1 is 1.20 bits per heavy atom. The summed E-state index contributed by atoms with van der Waals surface area (Å²) in [4.78, 5) is 8.75. The van der Waals surface area contributed by atoms with Crippen molar-refractivity contribution in [1.29, 1.82) is 0 Å². The Balaban J connectivity index is 2.30. The molecule has 4 heteroatoms. The average Bonchev–Trinajstić information content (AvgIpc) is 2.38. The van der Waals surface area contributed by atoms with E-state index in [-0.39, 0.29) is 0 Å². The summed E-state index contributed by atoms with van der Waals surface area (Å²) in [5.74, 6) is 1.98. The number of hydrogen-bond acceptors (Lipinski definition) is 3. The van der Waals surface area contributed by atoms with Gasteiger partial charge in [0.2, 0.25) is 0 Å². The molecule has 0 aliphatic rings. The number of aryl methyl sites for hydroxylation is 1. The lowest BCUT2D eigenvalue weighted by Crippen LogP contribution is -2.02. The molecule has 0 atom stereocenters. The zero-order valence-corrected chi connectivity index (χ0v) is 12.9. The highest BCUT2D eigenvalue weighted by molar-refractivity contribution is 6.29. The first-order valence-corrected chi connectivity index (χ1v) is 7.37. The van der Waals surface area contributed by atoms with E-state index in [1.54, 1.807) is 6.07 Å². The van der Waals surface area contributed by atoms with Gasteiger partial charge in [0.1, 0.15) is 16.8 Å². The molecule has 0 spiro atoms. The van der Waals surface area contributed by atoms with Crippen molar-refractivity contribution in [3.63, 3.8) is 0 Å². The van der Waals surface area contributed by atoms with Gasteiger partial charge in [-0.15, -0.1) is 0 Å². The van der Waals surface area contributed by atoms with Crippen LogP contribution in [0.2, 0.25) is 5.15 Å².